The predicted octanol–water partition coefficient (Wildman–Crippen LogP) is 0.878. The molecule has 0 aliphatic carbocycles. The van der Waals surface area contributed by atoms with Crippen LogP contribution in [0, 0.1) is 5.92 Å². The van der Waals surface area contributed by atoms with Crippen molar-refractivity contribution < 1.29 is 0 Å². The topological polar surface area (TPSA) is 58.4 Å². The van der Waals surface area contributed by atoms with Gasteiger partial charge >= 0.3 is 0 Å². The summed E-state index contributed by atoms with van der Waals surface area (Å²) in [6, 6.07) is 0. The van der Waals surface area contributed by atoms with E-state index in [4.69, 9.17) is 0 Å². The van der Waals surface area contributed by atoms with E-state index in [1.54, 1.807) is 12.5 Å². The summed E-state index contributed by atoms with van der Waals surface area (Å²) in [6.45, 7) is 6.71. The number of likely N-dealkylation sites (tertiary alicyclic amines) is 1. The number of hydrogen-bond acceptors (Lipinski definition) is 5. The van der Waals surface area contributed by atoms with Gasteiger partial charge in [-0.3, -0.25) is 4.40 Å². The average molecular weight is 246 g/mol. The lowest BCUT2D eigenvalue weighted by Crippen LogP contribution is -2.22. The van der Waals surface area contributed by atoms with Crippen molar-refractivity contribution >= 4 is 11.5 Å². The van der Waals surface area contributed by atoms with Crippen LogP contribution < -0.4 is 5.32 Å². The van der Waals surface area contributed by atoms with Crippen LogP contribution in [0.4, 0.5) is 5.82 Å². The molecule has 3 heterocycles. The number of hydrogen-bond donors (Lipinski definition) is 1. The monoisotopic (exact) mass is 246 g/mol. The molecule has 1 N–H and O–H groups in total. The molecular weight excluding hydrogens is 228 g/mol. The first-order valence-corrected chi connectivity index (χ1v) is 6.47. The van der Waals surface area contributed by atoms with Gasteiger partial charge in [0.05, 0.1) is 0 Å². The largest absolute Gasteiger partial charge is 0.367 e. The predicted molar refractivity (Wildman–Crippen MR) is 69.5 cm³/mol. The number of rotatable bonds is 4. The quantitative estimate of drug-likeness (QED) is 0.867. The van der Waals surface area contributed by atoms with Crippen molar-refractivity contribution in [3.63, 3.8) is 0 Å². The van der Waals surface area contributed by atoms with E-state index >= 15 is 0 Å². The van der Waals surface area contributed by atoms with Gasteiger partial charge in [-0.15, -0.1) is 10.2 Å². The Morgan fingerprint density at radius 1 is 1.50 bits per heavy atom. The molecule has 18 heavy (non-hydrogen) atoms. The fourth-order valence-corrected chi connectivity index (χ4v) is 2.49. The summed E-state index contributed by atoms with van der Waals surface area (Å²) in [4.78, 5) is 6.81. The van der Waals surface area contributed by atoms with Gasteiger partial charge in [-0.2, -0.15) is 0 Å². The Kier molecular flexibility index (Phi) is 3.10. The van der Waals surface area contributed by atoms with Crippen LogP contribution in [0.15, 0.2) is 18.7 Å². The van der Waals surface area contributed by atoms with Gasteiger partial charge in [0.25, 0.3) is 0 Å². The first kappa shape index (κ1) is 11.4. The van der Waals surface area contributed by atoms with Crippen molar-refractivity contribution in [1.29, 1.82) is 0 Å². The molecule has 0 radical (unpaired) electrons. The lowest BCUT2D eigenvalue weighted by atomic mass is 10.1. The highest BCUT2D eigenvalue weighted by Crippen LogP contribution is 2.17. The van der Waals surface area contributed by atoms with Crippen LogP contribution in [0.3, 0.4) is 0 Å². The maximum atomic E-state index is 4.33. The Hall–Kier alpha value is -1.69. The summed E-state index contributed by atoms with van der Waals surface area (Å²) >= 11 is 0. The second kappa shape index (κ2) is 4.89. The van der Waals surface area contributed by atoms with Crippen molar-refractivity contribution in [2.45, 2.75) is 13.3 Å². The Labute approximate surface area is 106 Å². The van der Waals surface area contributed by atoms with Crippen LogP contribution in [0.25, 0.3) is 5.65 Å². The normalized spacial score (nSPS) is 20.6. The zero-order valence-electron chi connectivity index (χ0n) is 10.6. The van der Waals surface area contributed by atoms with E-state index in [1.807, 2.05) is 10.6 Å². The summed E-state index contributed by atoms with van der Waals surface area (Å²) in [7, 11) is 0. The van der Waals surface area contributed by atoms with Crippen molar-refractivity contribution in [2.24, 2.45) is 5.92 Å². The summed E-state index contributed by atoms with van der Waals surface area (Å²) in [6.07, 6.45) is 6.58. The van der Waals surface area contributed by atoms with E-state index in [-0.39, 0.29) is 0 Å². The minimum atomic E-state index is 0.704. The fourth-order valence-electron chi connectivity index (χ4n) is 2.49. The zero-order chi connectivity index (χ0) is 12.4. The number of anilines is 1. The highest BCUT2D eigenvalue weighted by molar-refractivity contribution is 5.61. The SMILES string of the molecule is CCN1CCC(CNc2nccn3cnnc23)C1. The van der Waals surface area contributed by atoms with Crippen LogP contribution in [-0.4, -0.2) is 50.7 Å². The molecule has 96 valence electrons. The Bertz CT molecular complexity index is 522. The summed E-state index contributed by atoms with van der Waals surface area (Å²) in [5.41, 5.74) is 0.794. The lowest BCUT2D eigenvalue weighted by Gasteiger charge is -2.14. The maximum Gasteiger partial charge on any atom is 0.203 e. The van der Waals surface area contributed by atoms with E-state index in [9.17, 15) is 0 Å². The van der Waals surface area contributed by atoms with Crippen LogP contribution in [-0.2, 0) is 0 Å². The number of aromatic nitrogens is 4. The van der Waals surface area contributed by atoms with Crippen LogP contribution in [0.1, 0.15) is 13.3 Å². The van der Waals surface area contributed by atoms with Gasteiger partial charge in [-0.25, -0.2) is 4.98 Å². The Balaban J connectivity index is 1.65. The van der Waals surface area contributed by atoms with E-state index in [1.165, 1.54) is 19.5 Å². The van der Waals surface area contributed by atoms with Gasteiger partial charge < -0.3 is 10.2 Å². The Morgan fingerprint density at radius 2 is 2.44 bits per heavy atom. The molecule has 0 bridgehead atoms. The average Bonchev–Trinajstić information content (AvgIpc) is 3.05. The molecular formula is C12H18N6. The van der Waals surface area contributed by atoms with E-state index < -0.39 is 0 Å². The molecule has 1 aliphatic rings. The van der Waals surface area contributed by atoms with Crippen LogP contribution >= 0.6 is 0 Å². The number of fused-ring (bicyclic) bond motifs is 1. The molecule has 2 aromatic heterocycles. The van der Waals surface area contributed by atoms with Gasteiger partial charge in [-0.1, -0.05) is 6.92 Å². The van der Waals surface area contributed by atoms with Gasteiger partial charge in [0, 0.05) is 25.5 Å². The summed E-state index contributed by atoms with van der Waals surface area (Å²) in [5, 5.41) is 11.4. The smallest absolute Gasteiger partial charge is 0.203 e. The molecule has 2 aromatic rings. The van der Waals surface area contributed by atoms with Gasteiger partial charge in [0.1, 0.15) is 6.33 Å². The standard InChI is InChI=1S/C12H18N6/c1-2-17-5-3-10(8-17)7-14-11-12-16-15-9-18(12)6-4-13-11/h4,6,9-10H,2-3,5,7-8H2,1H3,(H,13,14). The second-order valence-electron chi connectivity index (χ2n) is 4.77. The molecule has 1 fully saturated rings. The van der Waals surface area contributed by atoms with Gasteiger partial charge in [0.15, 0.2) is 5.82 Å². The van der Waals surface area contributed by atoms with Crippen molar-refractivity contribution in [2.75, 3.05) is 31.5 Å². The first-order chi connectivity index (χ1) is 8.86. The van der Waals surface area contributed by atoms with Crippen LogP contribution in [0.5, 0.6) is 0 Å². The maximum absolute atomic E-state index is 4.33. The molecule has 1 aliphatic heterocycles. The number of nitrogens with one attached hydrogen (secondary N) is 1. The lowest BCUT2D eigenvalue weighted by molar-refractivity contribution is 0.345. The molecule has 1 atom stereocenters. The second-order valence-corrected chi connectivity index (χ2v) is 4.77. The fraction of sp³-hybridized carbons (Fsp3) is 0.583. The third-order valence-corrected chi connectivity index (χ3v) is 3.59. The van der Waals surface area contributed by atoms with Crippen molar-refractivity contribution in [1.82, 2.24) is 24.5 Å². The third kappa shape index (κ3) is 2.15. The number of nitrogens with zero attached hydrogens (tertiary/aromatic N) is 5. The minimum Gasteiger partial charge on any atom is -0.367 e. The first-order valence-electron chi connectivity index (χ1n) is 6.47. The highest BCUT2D eigenvalue weighted by atomic mass is 15.2. The molecule has 0 amide bonds. The molecule has 1 saturated heterocycles. The van der Waals surface area contributed by atoms with Crippen molar-refractivity contribution in [3.05, 3.63) is 18.7 Å². The van der Waals surface area contributed by atoms with E-state index in [2.05, 4.69) is 32.3 Å². The van der Waals surface area contributed by atoms with E-state index in [0.29, 0.717) is 5.92 Å². The molecule has 0 saturated carbocycles. The van der Waals surface area contributed by atoms with Gasteiger partial charge in [0.2, 0.25) is 5.65 Å². The summed E-state index contributed by atoms with van der Waals surface area (Å²) < 4.78 is 1.88. The van der Waals surface area contributed by atoms with Crippen LogP contribution in [0.2, 0.25) is 0 Å². The molecule has 0 aromatic carbocycles. The molecule has 3 rings (SSSR count). The van der Waals surface area contributed by atoms with Gasteiger partial charge in [-0.05, 0) is 25.4 Å². The minimum absolute atomic E-state index is 0.704. The molecule has 0 spiro atoms. The van der Waals surface area contributed by atoms with E-state index in [0.717, 1.165) is 24.6 Å². The summed E-state index contributed by atoms with van der Waals surface area (Å²) in [5.74, 6) is 1.53. The Morgan fingerprint density at radius 3 is 3.28 bits per heavy atom. The molecule has 6 heteroatoms. The molecule has 6 nitrogen and oxygen atoms in total. The van der Waals surface area contributed by atoms with Crippen molar-refractivity contribution in [3.8, 4) is 0 Å². The molecule has 1 unspecified atom stereocenters. The zero-order valence-corrected chi connectivity index (χ0v) is 10.6. The third-order valence-electron chi connectivity index (χ3n) is 3.59. The highest BCUT2D eigenvalue weighted by Gasteiger charge is 2.21.